The number of rotatable bonds is 13. The Morgan fingerprint density at radius 2 is 1.03 bits per heavy atom. The van der Waals surface area contributed by atoms with Gasteiger partial charge >= 0.3 is 18.3 Å². The minimum atomic E-state index is -4.83. The first-order valence-corrected chi connectivity index (χ1v) is 39.9. The Labute approximate surface area is 619 Å². The van der Waals surface area contributed by atoms with Crippen LogP contribution in [0, 0.1) is 23.5 Å². The Balaban J connectivity index is 0.000000182. The van der Waals surface area contributed by atoms with Crippen LogP contribution in [0.4, 0.5) is 46.5 Å². The van der Waals surface area contributed by atoms with Crippen molar-refractivity contribution in [2.24, 2.45) is 17.0 Å². The highest BCUT2D eigenvalue weighted by molar-refractivity contribution is 7.91. The van der Waals surface area contributed by atoms with E-state index in [1.807, 2.05) is 60.7 Å². The Kier molecular flexibility index (Phi) is 22.2. The van der Waals surface area contributed by atoms with Gasteiger partial charge in [-0.05, 0) is 152 Å². The van der Waals surface area contributed by atoms with Crippen LogP contribution in [-0.4, -0.2) is 147 Å². The maximum absolute atomic E-state index is 14.5. The van der Waals surface area contributed by atoms with Gasteiger partial charge in [-0.25, -0.2) is 45.5 Å². The Bertz CT molecular complexity index is 4640. The molecule has 107 heavy (non-hydrogen) atoms. The van der Waals surface area contributed by atoms with E-state index < -0.39 is 159 Å². The number of hydrogen-bond acceptors (Lipinski definition) is 18. The topological polar surface area (TPSA) is 328 Å². The lowest BCUT2D eigenvalue weighted by molar-refractivity contribution is -0.145. The predicted molar refractivity (Wildman–Crippen MR) is 381 cm³/mol. The van der Waals surface area contributed by atoms with Gasteiger partial charge in [0.2, 0.25) is 43.7 Å². The van der Waals surface area contributed by atoms with Crippen LogP contribution in [0.15, 0.2) is 109 Å². The van der Waals surface area contributed by atoms with Gasteiger partial charge in [0.15, 0.2) is 0 Å². The SMILES string of the molecule is CC1(S(=O)(=O)NC(=O)[C@@]23C[C@H]2/C=C\CCCCC[C@H](Nc2cc(F)cc(C(F)(F)F)c2)C(=O)N2C[C@H](Oc4nc5ccccc5s4)C[C@H]2C(=O)N3)CC1.CC1(S(N)(=O)=O)CC1.O=C1N[C@]2(C(=O)O)C[C@H]2/C=C\CCCCC[C@H](Nc2cc(F)cc(C(F)(F)F)c2)C(=O)N2C[C@H](Oc3nc4ccccc4s3)C[C@@H]12. The summed E-state index contributed by atoms with van der Waals surface area (Å²) >= 11 is 2.58. The lowest BCUT2D eigenvalue weighted by Gasteiger charge is -2.30. The number of carboxylic acids is 1. The van der Waals surface area contributed by atoms with E-state index in [1.165, 1.54) is 32.5 Å². The van der Waals surface area contributed by atoms with Crippen molar-refractivity contribution < 1.29 is 95.3 Å². The maximum atomic E-state index is 14.5. The van der Waals surface area contributed by atoms with E-state index in [4.69, 9.17) is 14.6 Å². The number of hydrogen-bond donors (Lipinski definition) is 7. The quantitative estimate of drug-likeness (QED) is 0.0417. The summed E-state index contributed by atoms with van der Waals surface area (Å²) in [6, 6.07) is 14.2. The van der Waals surface area contributed by atoms with Crippen LogP contribution in [0.1, 0.15) is 141 Å². The van der Waals surface area contributed by atoms with Crippen molar-refractivity contribution >= 4 is 110 Å². The van der Waals surface area contributed by atoms with Gasteiger partial charge < -0.3 is 45.6 Å². The fraction of sp³-hybridized carbons (Fsp3) is 0.500. The lowest BCUT2D eigenvalue weighted by atomic mass is 10.0. The average molecular weight is 1570 g/mol. The standard InChI is InChI=1S/C36H39F4N5O6S2.C32H32F4N4O5S.C4H9NO2S/c1-34(13-14-34)53(49,50)44-32(48)35-19-21(35)9-5-3-2-4-6-11-27(41-24-16-22(36(38,39)40)15-23(37)17-24)31(47)45-20-25(18-28(45)30(46)43-35)51-33-42-26-10-7-8-12-29(26)52-33;33-20-12-19(32(34,35)36)13-21(14-20)37-24-10-5-3-1-2-4-8-18-16-31(18,29(43)44)39-27(41)25-15-22(17-40(25)28(24)42)45-30-38-23-9-6-7-11-26(23)46-30;1-4(2-3-4)8(5,6)7/h5,7-10,12,15-17,21,25,27-28,41H,2-4,6,11,13-14,18-20H2,1H3,(H,43,46)(H,44,48);4,6-9,11-14,18,22,24-25,37H,1-3,5,10,15-17H2,(H,39,41)(H,43,44);2-3H2,1H3,(H2,5,6,7)/b9-5-;8-4-;/t21-,25-,27+,28+,35-;18-,22-,24+,25+,31-;/m11./s1. The van der Waals surface area contributed by atoms with Crippen LogP contribution in [0.25, 0.3) is 20.4 Å². The number of sulfonamides is 2. The predicted octanol–water partition coefficient (Wildman–Crippen LogP) is 11.3. The number of carboxylic acid groups (broad SMARTS) is 1. The van der Waals surface area contributed by atoms with E-state index in [-0.39, 0.29) is 63.0 Å². The zero-order chi connectivity index (χ0) is 76.8. The number of para-hydroxylation sites is 2. The minimum Gasteiger partial charge on any atom is -0.479 e. The Morgan fingerprint density at radius 1 is 0.607 bits per heavy atom. The number of nitrogens with one attached hydrogen (secondary N) is 5. The smallest absolute Gasteiger partial charge is 0.416 e. The van der Waals surface area contributed by atoms with Crippen LogP contribution in [-0.2, 0) is 61.2 Å². The van der Waals surface area contributed by atoms with Gasteiger partial charge in [-0.1, -0.05) is 96.9 Å². The lowest BCUT2D eigenvalue weighted by Crippen LogP contribution is -2.58. The highest BCUT2D eigenvalue weighted by Crippen LogP contribution is 2.49. The summed E-state index contributed by atoms with van der Waals surface area (Å²) in [5, 5.41) is 26.6. The Morgan fingerprint density at radius 3 is 1.43 bits per heavy atom. The minimum absolute atomic E-state index is 0.0209. The van der Waals surface area contributed by atoms with Gasteiger partial charge in [0.25, 0.3) is 16.3 Å². The van der Waals surface area contributed by atoms with Crippen LogP contribution in [0.5, 0.6) is 10.4 Å². The number of nitrogens with zero attached hydrogens (tertiary/aromatic N) is 4. The van der Waals surface area contributed by atoms with Crippen molar-refractivity contribution in [3.63, 3.8) is 0 Å². The number of halogens is 8. The van der Waals surface area contributed by atoms with E-state index in [1.54, 1.807) is 26.0 Å². The van der Waals surface area contributed by atoms with Crippen molar-refractivity contribution in [1.29, 1.82) is 0 Å². The molecule has 0 radical (unpaired) electrons. The van der Waals surface area contributed by atoms with Crippen molar-refractivity contribution in [2.75, 3.05) is 23.7 Å². The molecular weight excluding hydrogens is 1490 g/mol. The normalized spacial score (nSPS) is 27.8. The molecule has 14 rings (SSSR count). The zero-order valence-corrected chi connectivity index (χ0v) is 61.3. The van der Waals surface area contributed by atoms with Crippen LogP contribution in [0.3, 0.4) is 0 Å². The Hall–Kier alpha value is -8.54. The molecule has 10 atom stereocenters. The third kappa shape index (κ3) is 17.9. The van der Waals surface area contributed by atoms with Crippen LogP contribution >= 0.6 is 22.7 Å². The molecule has 2 aromatic heterocycles. The fourth-order valence-electron chi connectivity index (χ4n) is 13.7. The molecule has 576 valence electrons. The molecular formula is C72H80F8N10O13S4. The number of primary sulfonamides is 1. The zero-order valence-electron chi connectivity index (χ0n) is 58.0. The third-order valence-electron chi connectivity index (χ3n) is 21.0. The summed E-state index contributed by atoms with van der Waals surface area (Å²) in [5.41, 5.74) is -4.56. The second-order valence-electron chi connectivity index (χ2n) is 29.1. The number of ether oxygens (including phenoxy) is 2. The second-order valence-corrected chi connectivity index (χ2v) is 35.3. The van der Waals surface area contributed by atoms with Crippen molar-refractivity contribution in [2.45, 2.75) is 199 Å². The molecule has 6 aromatic rings. The van der Waals surface area contributed by atoms with E-state index >= 15 is 0 Å². The first kappa shape index (κ1) is 78.1. The number of aliphatic carboxylic acids is 1. The highest BCUT2D eigenvalue weighted by Gasteiger charge is 2.64. The molecule has 2 saturated heterocycles. The summed E-state index contributed by atoms with van der Waals surface area (Å²) in [4.78, 5) is 94.3. The van der Waals surface area contributed by atoms with E-state index in [2.05, 4.69) is 36.0 Å². The number of fused-ring (bicyclic) bond motifs is 6. The van der Waals surface area contributed by atoms with Crippen molar-refractivity contribution in [1.82, 2.24) is 35.1 Å². The van der Waals surface area contributed by atoms with Gasteiger partial charge in [0.05, 0.1) is 54.1 Å². The monoisotopic (exact) mass is 1570 g/mol. The van der Waals surface area contributed by atoms with Crippen LogP contribution < -0.4 is 40.6 Å². The molecule has 23 nitrogen and oxygen atoms in total. The average Bonchev–Trinajstić information content (AvgIpc) is 1.57. The van der Waals surface area contributed by atoms with E-state index in [9.17, 15) is 85.8 Å². The van der Waals surface area contributed by atoms with Gasteiger partial charge in [-0.15, -0.1) is 0 Å². The number of nitrogens with two attached hydrogens (primary N) is 1. The van der Waals surface area contributed by atoms with Gasteiger partial charge in [0, 0.05) is 36.1 Å². The summed E-state index contributed by atoms with van der Waals surface area (Å²) < 4.78 is 172. The molecule has 6 heterocycles. The molecule has 5 amide bonds. The fourth-order valence-corrected chi connectivity index (χ4v) is 17.5. The van der Waals surface area contributed by atoms with Crippen molar-refractivity contribution in [3.05, 3.63) is 132 Å². The molecule has 8 aliphatic rings. The molecule has 8 N–H and O–H groups in total. The number of anilines is 2. The molecule has 4 aromatic carbocycles. The number of aromatic nitrogens is 2. The van der Waals surface area contributed by atoms with Gasteiger partial charge in [-0.2, -0.15) is 26.3 Å². The number of thiazole rings is 2. The van der Waals surface area contributed by atoms with Gasteiger partial charge in [0.1, 0.15) is 59.1 Å². The molecule has 35 heteroatoms. The number of allylic oxidation sites excluding steroid dienone is 2. The molecule has 4 aliphatic carbocycles. The molecule has 6 fully saturated rings. The van der Waals surface area contributed by atoms with Gasteiger partial charge in [-0.3, -0.25) is 28.7 Å². The number of benzene rings is 4. The summed E-state index contributed by atoms with van der Waals surface area (Å²) in [5.74, 6) is -7.77. The van der Waals surface area contributed by atoms with E-state index in [0.717, 1.165) is 58.4 Å². The highest BCUT2D eigenvalue weighted by atomic mass is 32.2. The summed E-state index contributed by atoms with van der Waals surface area (Å²) in [7, 11) is -7.26. The van der Waals surface area contributed by atoms with Crippen molar-refractivity contribution in [3.8, 4) is 10.4 Å². The largest absolute Gasteiger partial charge is 0.479 e. The summed E-state index contributed by atoms with van der Waals surface area (Å²) in [6.45, 7) is 3.07. The number of carbonyl (C=O) groups excluding carboxylic acids is 5. The van der Waals surface area contributed by atoms with E-state index in [0.29, 0.717) is 85.8 Å². The molecule has 4 aliphatic heterocycles. The molecule has 0 bridgehead atoms. The molecule has 0 spiro atoms. The number of amides is 5. The first-order chi connectivity index (χ1) is 50.4. The molecule has 4 saturated carbocycles. The maximum Gasteiger partial charge on any atom is 0.416 e. The number of carbonyl (C=O) groups is 6. The van der Waals surface area contributed by atoms with Crippen LogP contribution in [0.2, 0.25) is 0 Å². The molecule has 0 unspecified atom stereocenters. The third-order valence-corrected chi connectivity index (χ3v) is 26.7. The second kappa shape index (κ2) is 30.5. The first-order valence-electron chi connectivity index (χ1n) is 35.2. The summed E-state index contributed by atoms with van der Waals surface area (Å²) in [6.07, 6.45) is 4.32. The number of alkyl halides is 6.